The summed E-state index contributed by atoms with van der Waals surface area (Å²) in [6.07, 6.45) is 3.91. The van der Waals surface area contributed by atoms with Gasteiger partial charge < -0.3 is 21.7 Å². The molecule has 6 nitrogen and oxygen atoms in total. The van der Waals surface area contributed by atoms with Gasteiger partial charge in [0.25, 0.3) is 5.91 Å². The average molecular weight is 311 g/mol. The summed E-state index contributed by atoms with van der Waals surface area (Å²) in [5.41, 5.74) is 11.8. The van der Waals surface area contributed by atoms with Gasteiger partial charge in [0.2, 0.25) is 0 Å². The molecule has 1 amide bonds. The molecule has 1 atom stereocenters. The number of nitrogens with two attached hydrogens (primary N) is 2. The number of anilines is 2. The number of nitrogens with one attached hydrogen (secondary N) is 1. The summed E-state index contributed by atoms with van der Waals surface area (Å²) in [5, 5.41) is 3.80. The van der Waals surface area contributed by atoms with Gasteiger partial charge in [-0.25, -0.2) is 4.98 Å². The van der Waals surface area contributed by atoms with Crippen molar-refractivity contribution in [1.82, 2.24) is 10.3 Å². The number of carbonyl (C=O) groups is 1. The number of hydrogen-bond acceptors (Lipinski definition) is 6. The maximum atomic E-state index is 12.2. The van der Waals surface area contributed by atoms with Crippen LogP contribution in [0.1, 0.15) is 49.2 Å². The monoisotopic (exact) mass is 311 g/mol. The van der Waals surface area contributed by atoms with Gasteiger partial charge in [0.05, 0.1) is 0 Å². The van der Waals surface area contributed by atoms with Crippen LogP contribution < -0.4 is 21.7 Å². The molecule has 0 radical (unpaired) electrons. The topological polar surface area (TPSA) is 97.3 Å². The molecule has 1 fully saturated rings. The van der Waals surface area contributed by atoms with E-state index in [1.54, 1.807) is 0 Å². The third-order valence-electron chi connectivity index (χ3n) is 3.76. The van der Waals surface area contributed by atoms with Gasteiger partial charge in [0.1, 0.15) is 10.7 Å². The van der Waals surface area contributed by atoms with Crippen molar-refractivity contribution < 1.29 is 4.79 Å². The number of amides is 1. The van der Waals surface area contributed by atoms with Gasteiger partial charge in [-0.2, -0.15) is 0 Å². The van der Waals surface area contributed by atoms with Crippen molar-refractivity contribution in [2.24, 2.45) is 5.73 Å². The molecule has 1 saturated heterocycles. The molecule has 0 saturated carbocycles. The molecule has 1 unspecified atom stereocenters. The van der Waals surface area contributed by atoms with Crippen molar-refractivity contribution >= 4 is 28.2 Å². The lowest BCUT2D eigenvalue weighted by atomic mass is 10.1. The second-order valence-electron chi connectivity index (χ2n) is 5.70. The van der Waals surface area contributed by atoms with E-state index in [0.717, 1.165) is 43.9 Å². The second kappa shape index (κ2) is 7.09. The van der Waals surface area contributed by atoms with E-state index in [1.165, 1.54) is 11.3 Å². The first-order chi connectivity index (χ1) is 10.0. The quantitative estimate of drug-likeness (QED) is 0.767. The molecule has 0 aliphatic carbocycles. The Morgan fingerprint density at radius 2 is 2.19 bits per heavy atom. The van der Waals surface area contributed by atoms with E-state index in [0.29, 0.717) is 10.7 Å². The van der Waals surface area contributed by atoms with Gasteiger partial charge in [-0.3, -0.25) is 4.79 Å². The number of nitrogen functional groups attached to an aromatic ring is 1. The van der Waals surface area contributed by atoms with Gasteiger partial charge in [-0.05, 0) is 26.2 Å². The van der Waals surface area contributed by atoms with E-state index in [-0.39, 0.29) is 18.0 Å². The molecule has 21 heavy (non-hydrogen) atoms. The van der Waals surface area contributed by atoms with E-state index >= 15 is 0 Å². The normalized spacial score (nSPS) is 17.8. The molecule has 1 aromatic heterocycles. The highest BCUT2D eigenvalue weighted by Crippen LogP contribution is 2.29. The maximum Gasteiger partial charge on any atom is 0.265 e. The Bertz CT molecular complexity index is 482. The van der Waals surface area contributed by atoms with Gasteiger partial charge in [-0.15, -0.1) is 0 Å². The fourth-order valence-electron chi connectivity index (χ4n) is 2.50. The predicted molar refractivity (Wildman–Crippen MR) is 87.8 cm³/mol. The van der Waals surface area contributed by atoms with Crippen molar-refractivity contribution in [3.8, 4) is 0 Å². The molecule has 0 spiro atoms. The minimum absolute atomic E-state index is 0.120. The molecule has 118 valence electrons. The number of hydrogen-bond donors (Lipinski definition) is 3. The molecule has 1 aromatic rings. The van der Waals surface area contributed by atoms with Crippen LogP contribution in [0, 0.1) is 0 Å². The van der Waals surface area contributed by atoms with E-state index in [2.05, 4.69) is 22.1 Å². The van der Waals surface area contributed by atoms with Gasteiger partial charge in [0, 0.05) is 25.2 Å². The molecule has 5 N–H and O–H groups in total. The fourth-order valence-corrected chi connectivity index (χ4v) is 3.44. The number of thiazole rings is 1. The molecule has 1 aliphatic heterocycles. The summed E-state index contributed by atoms with van der Waals surface area (Å²) in [7, 11) is 0. The molecule has 1 aliphatic rings. The van der Waals surface area contributed by atoms with E-state index in [4.69, 9.17) is 11.5 Å². The van der Waals surface area contributed by atoms with Crippen molar-refractivity contribution in [3.05, 3.63) is 4.88 Å². The Morgan fingerprint density at radius 1 is 1.52 bits per heavy atom. The largest absolute Gasteiger partial charge is 0.382 e. The Balaban J connectivity index is 2.03. The molecular formula is C14H25N5OS. The van der Waals surface area contributed by atoms with Crippen molar-refractivity contribution in [1.29, 1.82) is 0 Å². The van der Waals surface area contributed by atoms with Crippen LogP contribution >= 0.6 is 11.3 Å². The molecule has 2 rings (SSSR count). The lowest BCUT2D eigenvalue weighted by Gasteiger charge is -2.29. The summed E-state index contributed by atoms with van der Waals surface area (Å²) < 4.78 is 0. The van der Waals surface area contributed by atoms with Gasteiger partial charge >= 0.3 is 0 Å². The molecule has 0 bridgehead atoms. The highest BCUT2D eigenvalue weighted by molar-refractivity contribution is 7.18. The van der Waals surface area contributed by atoms with E-state index in [9.17, 15) is 4.79 Å². The third-order valence-corrected chi connectivity index (χ3v) is 4.89. The lowest BCUT2D eigenvalue weighted by molar-refractivity contribution is 0.0943. The number of carbonyl (C=O) groups excluding carboxylic acids is 1. The summed E-state index contributed by atoms with van der Waals surface area (Å²) in [6.45, 7) is 5.86. The van der Waals surface area contributed by atoms with Crippen LogP contribution in [0.4, 0.5) is 10.9 Å². The standard InChI is InChI=1S/C14H25N5OS/c1-3-4-9(2)17-13(20)11-12(16)18-14(21-11)19-7-5-10(15)6-8-19/h9-10H,3-8,15-16H2,1-2H3,(H,17,20). The number of piperidine rings is 1. The Kier molecular flexibility index (Phi) is 5.41. The zero-order valence-electron chi connectivity index (χ0n) is 12.8. The summed E-state index contributed by atoms with van der Waals surface area (Å²) in [5.74, 6) is 0.206. The Morgan fingerprint density at radius 3 is 2.81 bits per heavy atom. The summed E-state index contributed by atoms with van der Waals surface area (Å²) >= 11 is 1.37. The van der Waals surface area contributed by atoms with Crippen LogP contribution in [0.2, 0.25) is 0 Å². The van der Waals surface area contributed by atoms with Crippen molar-refractivity contribution in [2.75, 3.05) is 23.7 Å². The molecular weight excluding hydrogens is 286 g/mol. The van der Waals surface area contributed by atoms with Crippen molar-refractivity contribution in [3.63, 3.8) is 0 Å². The first-order valence-electron chi connectivity index (χ1n) is 7.59. The van der Waals surface area contributed by atoms with Crippen LogP contribution in [0.5, 0.6) is 0 Å². The second-order valence-corrected chi connectivity index (χ2v) is 6.68. The Labute approximate surface area is 129 Å². The first-order valence-corrected chi connectivity index (χ1v) is 8.40. The zero-order valence-corrected chi connectivity index (χ0v) is 13.6. The van der Waals surface area contributed by atoms with Crippen molar-refractivity contribution in [2.45, 2.75) is 51.6 Å². The lowest BCUT2D eigenvalue weighted by Crippen LogP contribution is -2.39. The molecule has 0 aromatic carbocycles. The van der Waals surface area contributed by atoms with E-state index in [1.807, 2.05) is 6.92 Å². The van der Waals surface area contributed by atoms with Gasteiger partial charge in [-0.1, -0.05) is 24.7 Å². The summed E-state index contributed by atoms with van der Waals surface area (Å²) in [4.78, 5) is 19.3. The fraction of sp³-hybridized carbons (Fsp3) is 0.714. The molecule has 2 heterocycles. The third kappa shape index (κ3) is 4.07. The van der Waals surface area contributed by atoms with E-state index < -0.39 is 0 Å². The predicted octanol–water partition coefficient (Wildman–Crippen LogP) is 1.57. The smallest absolute Gasteiger partial charge is 0.265 e. The highest BCUT2D eigenvalue weighted by atomic mass is 32.1. The number of rotatable bonds is 5. The number of aromatic nitrogens is 1. The minimum Gasteiger partial charge on any atom is -0.382 e. The zero-order chi connectivity index (χ0) is 15.4. The summed E-state index contributed by atoms with van der Waals surface area (Å²) in [6, 6.07) is 0.427. The highest BCUT2D eigenvalue weighted by Gasteiger charge is 2.23. The SMILES string of the molecule is CCCC(C)NC(=O)c1sc(N2CCC(N)CC2)nc1N. The maximum absolute atomic E-state index is 12.2. The first kappa shape index (κ1) is 16.0. The minimum atomic E-state index is -0.120. The van der Waals surface area contributed by atoms with Gasteiger partial charge in [0.15, 0.2) is 5.13 Å². The Hall–Kier alpha value is -1.34. The van der Waals surface area contributed by atoms with Crippen LogP contribution in [0.25, 0.3) is 0 Å². The van der Waals surface area contributed by atoms with Crippen LogP contribution in [0.3, 0.4) is 0 Å². The van der Waals surface area contributed by atoms with Crippen LogP contribution in [-0.2, 0) is 0 Å². The number of nitrogens with zero attached hydrogens (tertiary/aromatic N) is 2. The average Bonchev–Trinajstić information content (AvgIpc) is 2.82. The van der Waals surface area contributed by atoms with Crippen LogP contribution in [-0.4, -0.2) is 36.1 Å². The van der Waals surface area contributed by atoms with Crippen LogP contribution in [0.15, 0.2) is 0 Å². The molecule has 7 heteroatoms.